The number of hydrogen-bond donors (Lipinski definition) is 2. The van der Waals surface area contributed by atoms with Crippen LogP contribution in [0.5, 0.6) is 11.5 Å². The Morgan fingerprint density at radius 3 is 2.54 bits per heavy atom. The molecule has 0 spiro atoms. The number of guanidine groups is 1. The molecule has 8 heteroatoms. The molecule has 1 heterocycles. The molecule has 0 aliphatic rings. The van der Waals surface area contributed by atoms with Gasteiger partial charge in [-0.3, -0.25) is 0 Å². The largest absolute Gasteiger partial charge is 0.493 e. The summed E-state index contributed by atoms with van der Waals surface area (Å²) < 4.78 is 16.6. The zero-order valence-corrected chi connectivity index (χ0v) is 17.6. The van der Waals surface area contributed by atoms with E-state index in [-0.39, 0.29) is 11.5 Å². The van der Waals surface area contributed by atoms with Crippen LogP contribution < -0.4 is 20.1 Å². The molecule has 0 radical (unpaired) electrons. The first-order valence-electron chi connectivity index (χ1n) is 9.48. The molecule has 1 unspecified atom stereocenters. The summed E-state index contributed by atoms with van der Waals surface area (Å²) in [6.45, 7) is 11.7. The Morgan fingerprint density at radius 2 is 1.93 bits per heavy atom. The van der Waals surface area contributed by atoms with Crippen LogP contribution in [0.25, 0.3) is 0 Å². The predicted molar refractivity (Wildman–Crippen MR) is 109 cm³/mol. The van der Waals surface area contributed by atoms with E-state index in [1.165, 1.54) is 0 Å². The molecule has 0 bridgehead atoms. The Bertz CT molecular complexity index is 767. The highest BCUT2D eigenvalue weighted by molar-refractivity contribution is 5.79. The average Bonchev–Trinajstić information content (AvgIpc) is 3.14. The van der Waals surface area contributed by atoms with E-state index in [9.17, 15) is 0 Å². The monoisotopic (exact) mass is 389 g/mol. The maximum absolute atomic E-state index is 5.96. The lowest BCUT2D eigenvalue weighted by Crippen LogP contribution is -2.41. The van der Waals surface area contributed by atoms with Crippen LogP contribution in [0.15, 0.2) is 33.8 Å². The summed E-state index contributed by atoms with van der Waals surface area (Å²) in [4.78, 5) is 8.93. The number of methoxy groups -OCH3 is 1. The summed E-state index contributed by atoms with van der Waals surface area (Å²) in [6, 6.07) is 7.59. The number of benzene rings is 1. The van der Waals surface area contributed by atoms with Gasteiger partial charge in [-0.2, -0.15) is 4.98 Å². The lowest BCUT2D eigenvalue weighted by Gasteiger charge is -2.18. The average molecular weight is 390 g/mol. The second-order valence-corrected chi connectivity index (χ2v) is 7.42. The standard InChI is InChI=1S/C20H31N5O3/c1-7-21-19(23-13-17-24-18(28-25-17)20(3,4)5)22-12-14(2)27-16-11-9-8-10-15(16)26-6/h8-11,14H,7,12-13H2,1-6H3,(H2,21,22,23). The highest BCUT2D eigenvalue weighted by atomic mass is 16.5. The second-order valence-electron chi connectivity index (χ2n) is 7.42. The van der Waals surface area contributed by atoms with Crippen LogP contribution in [0.1, 0.15) is 46.3 Å². The van der Waals surface area contributed by atoms with Crippen LogP contribution in [-0.2, 0) is 12.0 Å². The van der Waals surface area contributed by atoms with Gasteiger partial charge < -0.3 is 24.6 Å². The van der Waals surface area contributed by atoms with Gasteiger partial charge in [0.1, 0.15) is 12.6 Å². The van der Waals surface area contributed by atoms with Crippen molar-refractivity contribution < 1.29 is 14.0 Å². The number of nitrogens with one attached hydrogen (secondary N) is 2. The van der Waals surface area contributed by atoms with Crippen molar-refractivity contribution in [3.05, 3.63) is 36.0 Å². The van der Waals surface area contributed by atoms with Crippen molar-refractivity contribution in [1.29, 1.82) is 0 Å². The Labute approximate surface area is 166 Å². The van der Waals surface area contributed by atoms with Gasteiger partial charge in [-0.1, -0.05) is 38.1 Å². The Hall–Kier alpha value is -2.77. The van der Waals surface area contributed by atoms with Crippen LogP contribution in [0.2, 0.25) is 0 Å². The topological polar surface area (TPSA) is 93.8 Å². The Kier molecular flexibility index (Phi) is 7.66. The molecule has 2 rings (SSSR count). The number of ether oxygens (including phenoxy) is 2. The second kappa shape index (κ2) is 9.96. The highest BCUT2D eigenvalue weighted by Crippen LogP contribution is 2.26. The fraction of sp³-hybridized carbons (Fsp3) is 0.550. The lowest BCUT2D eigenvalue weighted by atomic mass is 9.97. The molecule has 8 nitrogen and oxygen atoms in total. The van der Waals surface area contributed by atoms with Gasteiger partial charge in [0.2, 0.25) is 5.89 Å². The molecule has 0 saturated carbocycles. The molecule has 2 aromatic rings. The van der Waals surface area contributed by atoms with E-state index in [1.807, 2.05) is 58.9 Å². The third kappa shape index (κ3) is 6.44. The maximum Gasteiger partial charge on any atom is 0.232 e. The van der Waals surface area contributed by atoms with Crippen molar-refractivity contribution in [3.63, 3.8) is 0 Å². The fourth-order valence-corrected chi connectivity index (χ4v) is 2.33. The van der Waals surface area contributed by atoms with E-state index in [2.05, 4.69) is 25.8 Å². The summed E-state index contributed by atoms with van der Waals surface area (Å²) in [5.74, 6) is 3.25. The van der Waals surface area contributed by atoms with Crippen molar-refractivity contribution in [3.8, 4) is 11.5 Å². The molecule has 0 aliphatic carbocycles. The van der Waals surface area contributed by atoms with Crippen LogP contribution in [0, 0.1) is 0 Å². The molecule has 0 aliphatic heterocycles. The number of aromatic nitrogens is 2. The molecule has 2 N–H and O–H groups in total. The van der Waals surface area contributed by atoms with E-state index in [0.717, 1.165) is 6.54 Å². The van der Waals surface area contributed by atoms with Crippen molar-refractivity contribution in [2.75, 3.05) is 20.2 Å². The fourth-order valence-electron chi connectivity index (χ4n) is 2.33. The first-order valence-corrected chi connectivity index (χ1v) is 9.48. The first-order chi connectivity index (χ1) is 13.3. The van der Waals surface area contributed by atoms with Gasteiger partial charge in [0.25, 0.3) is 0 Å². The van der Waals surface area contributed by atoms with E-state index < -0.39 is 0 Å². The van der Waals surface area contributed by atoms with Crippen molar-refractivity contribution >= 4 is 5.96 Å². The third-order valence-corrected chi connectivity index (χ3v) is 3.79. The molecule has 1 atom stereocenters. The SMILES string of the molecule is CCNC(=NCc1noc(C(C)(C)C)n1)NCC(C)Oc1ccccc1OC. The van der Waals surface area contributed by atoms with Gasteiger partial charge >= 0.3 is 0 Å². The summed E-state index contributed by atoms with van der Waals surface area (Å²) >= 11 is 0. The van der Waals surface area contributed by atoms with Crippen molar-refractivity contribution in [2.45, 2.75) is 52.7 Å². The molecule has 0 fully saturated rings. The molecule has 1 aromatic heterocycles. The number of para-hydroxylation sites is 2. The third-order valence-electron chi connectivity index (χ3n) is 3.79. The molecule has 0 amide bonds. The number of hydrogen-bond acceptors (Lipinski definition) is 6. The van der Waals surface area contributed by atoms with E-state index in [1.54, 1.807) is 7.11 Å². The van der Waals surface area contributed by atoms with Gasteiger partial charge in [-0.05, 0) is 26.0 Å². The minimum atomic E-state index is -0.178. The summed E-state index contributed by atoms with van der Waals surface area (Å²) in [5.41, 5.74) is -0.178. The predicted octanol–water partition coefficient (Wildman–Crippen LogP) is 2.90. The molecule has 28 heavy (non-hydrogen) atoms. The van der Waals surface area contributed by atoms with E-state index in [4.69, 9.17) is 14.0 Å². The van der Waals surface area contributed by atoms with Crippen molar-refractivity contribution in [2.24, 2.45) is 4.99 Å². The molecule has 154 valence electrons. The highest BCUT2D eigenvalue weighted by Gasteiger charge is 2.21. The van der Waals surface area contributed by atoms with Gasteiger partial charge in [-0.25, -0.2) is 4.99 Å². The quantitative estimate of drug-likeness (QED) is 0.529. The normalized spacial score (nSPS) is 13.1. The summed E-state index contributed by atoms with van der Waals surface area (Å²) in [7, 11) is 1.63. The molecule has 1 aromatic carbocycles. The molecule has 0 saturated heterocycles. The van der Waals surface area contributed by atoms with Gasteiger partial charge in [0.05, 0.1) is 13.7 Å². The smallest absolute Gasteiger partial charge is 0.232 e. The molecular weight excluding hydrogens is 358 g/mol. The maximum atomic E-state index is 5.96. The van der Waals surface area contributed by atoms with Gasteiger partial charge in [-0.15, -0.1) is 0 Å². The van der Waals surface area contributed by atoms with Gasteiger partial charge in [0, 0.05) is 12.0 Å². The van der Waals surface area contributed by atoms with Gasteiger partial charge in [0.15, 0.2) is 23.3 Å². The lowest BCUT2D eigenvalue weighted by molar-refractivity contribution is 0.213. The van der Waals surface area contributed by atoms with Crippen LogP contribution in [-0.4, -0.2) is 42.4 Å². The Morgan fingerprint density at radius 1 is 1.21 bits per heavy atom. The Balaban J connectivity index is 1.92. The number of rotatable bonds is 8. The first kappa shape index (κ1) is 21.5. The number of aliphatic imine (C=N–C) groups is 1. The van der Waals surface area contributed by atoms with Crippen molar-refractivity contribution in [1.82, 2.24) is 20.8 Å². The summed E-state index contributed by atoms with van der Waals surface area (Å²) in [6.07, 6.45) is -0.0853. The van der Waals surface area contributed by atoms with Crippen LogP contribution in [0.3, 0.4) is 0 Å². The van der Waals surface area contributed by atoms with E-state index >= 15 is 0 Å². The van der Waals surface area contributed by atoms with Crippen LogP contribution in [0.4, 0.5) is 0 Å². The number of nitrogens with zero attached hydrogens (tertiary/aromatic N) is 3. The summed E-state index contributed by atoms with van der Waals surface area (Å²) in [5, 5.41) is 10.5. The minimum absolute atomic E-state index is 0.0853. The zero-order valence-electron chi connectivity index (χ0n) is 17.6. The molecular formula is C20H31N5O3. The van der Waals surface area contributed by atoms with Crippen LogP contribution >= 0.6 is 0 Å². The zero-order chi connectivity index (χ0) is 20.6. The van der Waals surface area contributed by atoms with E-state index in [0.29, 0.717) is 42.3 Å². The minimum Gasteiger partial charge on any atom is -0.493 e.